The molecule has 0 saturated heterocycles. The topological polar surface area (TPSA) is 12.9 Å². The number of hydrogen-bond acceptors (Lipinski definition) is 1. The Kier molecular flexibility index (Phi) is 5.35. The van der Waals surface area contributed by atoms with Gasteiger partial charge in [-0.3, -0.25) is 4.98 Å². The van der Waals surface area contributed by atoms with Crippen molar-refractivity contribution in [3.63, 3.8) is 0 Å². The van der Waals surface area contributed by atoms with Crippen LogP contribution in [0.5, 0.6) is 0 Å². The molecule has 1 nitrogen and oxygen atoms in total. The van der Waals surface area contributed by atoms with E-state index < -0.39 is 0 Å². The summed E-state index contributed by atoms with van der Waals surface area (Å²) in [6.45, 7) is 7.20. The van der Waals surface area contributed by atoms with Crippen LogP contribution in [0.3, 0.4) is 0 Å². The molecule has 0 unspecified atom stereocenters. The van der Waals surface area contributed by atoms with E-state index in [1.54, 1.807) is 12.3 Å². The van der Waals surface area contributed by atoms with Gasteiger partial charge < -0.3 is 0 Å². The molecule has 0 saturated carbocycles. The van der Waals surface area contributed by atoms with Crippen molar-refractivity contribution in [3.05, 3.63) is 79.1 Å². The molecule has 0 radical (unpaired) electrons. The fourth-order valence-corrected chi connectivity index (χ4v) is 1.09. The molecule has 2 aromatic rings. The first-order valence-corrected chi connectivity index (χ1v) is 5.08. The fourth-order valence-electron chi connectivity index (χ4n) is 1.09. The maximum atomic E-state index is 3.98. The molecule has 0 amide bonds. The third kappa shape index (κ3) is 4.38. The first-order valence-electron chi connectivity index (χ1n) is 5.08. The molecule has 1 heteroatoms. The molecule has 2 rings (SSSR count). The maximum absolute atomic E-state index is 3.98. The van der Waals surface area contributed by atoms with E-state index in [9.17, 15) is 0 Å². The van der Waals surface area contributed by atoms with Gasteiger partial charge in [0.05, 0.1) is 5.69 Å². The lowest BCUT2D eigenvalue weighted by molar-refractivity contribution is 1.30. The van der Waals surface area contributed by atoms with Crippen molar-refractivity contribution < 1.29 is 0 Å². The summed E-state index contributed by atoms with van der Waals surface area (Å²) in [5, 5.41) is 0. The highest BCUT2D eigenvalue weighted by Gasteiger charge is 1.77. The van der Waals surface area contributed by atoms with Gasteiger partial charge in [0.25, 0.3) is 0 Å². The largest absolute Gasteiger partial charge is 0.257 e. The molecule has 0 bridgehead atoms. The zero-order valence-electron chi connectivity index (χ0n) is 9.21. The van der Waals surface area contributed by atoms with Gasteiger partial charge in [-0.05, 0) is 23.8 Å². The summed E-state index contributed by atoms with van der Waals surface area (Å²) in [6, 6.07) is 15.8. The van der Waals surface area contributed by atoms with Gasteiger partial charge in [-0.1, -0.05) is 55.6 Å². The number of nitrogens with zero attached hydrogens (tertiary/aromatic N) is 1. The van der Waals surface area contributed by atoms with Crippen LogP contribution < -0.4 is 0 Å². The number of rotatable bonds is 2. The molecular weight excluding hydrogens is 194 g/mol. The Hall–Kier alpha value is -2.15. The molecule has 80 valence electrons. The van der Waals surface area contributed by atoms with Gasteiger partial charge in [-0.25, -0.2) is 0 Å². The van der Waals surface area contributed by atoms with E-state index in [0.717, 1.165) is 5.69 Å². The van der Waals surface area contributed by atoms with Gasteiger partial charge >= 0.3 is 0 Å². The second kappa shape index (κ2) is 7.18. The minimum absolute atomic E-state index is 0.924. The van der Waals surface area contributed by atoms with Crippen molar-refractivity contribution in [1.82, 2.24) is 4.98 Å². The number of aromatic nitrogens is 1. The number of pyridine rings is 1. The molecule has 0 fully saturated rings. The van der Waals surface area contributed by atoms with Crippen LogP contribution in [-0.2, 0) is 0 Å². The zero-order valence-corrected chi connectivity index (χ0v) is 9.21. The van der Waals surface area contributed by atoms with Crippen molar-refractivity contribution in [2.75, 3.05) is 0 Å². The highest BCUT2D eigenvalue weighted by molar-refractivity contribution is 5.45. The second-order valence-electron chi connectivity index (χ2n) is 3.07. The van der Waals surface area contributed by atoms with Gasteiger partial charge in [0.2, 0.25) is 0 Å². The minimum Gasteiger partial charge on any atom is -0.257 e. The van der Waals surface area contributed by atoms with E-state index in [2.05, 4.69) is 18.1 Å². The zero-order chi connectivity index (χ0) is 11.6. The summed E-state index contributed by atoms with van der Waals surface area (Å²) in [5.74, 6) is 0. The Morgan fingerprint density at radius 3 is 1.88 bits per heavy atom. The van der Waals surface area contributed by atoms with Crippen LogP contribution in [-0.4, -0.2) is 4.98 Å². The van der Waals surface area contributed by atoms with Gasteiger partial charge in [-0.2, -0.15) is 0 Å². The molecule has 0 N–H and O–H groups in total. The molecule has 1 heterocycles. The molecule has 0 aliphatic rings. The third-order valence-corrected chi connectivity index (χ3v) is 1.93. The summed E-state index contributed by atoms with van der Waals surface area (Å²) in [7, 11) is 0. The van der Waals surface area contributed by atoms with E-state index in [1.807, 2.05) is 54.6 Å². The van der Waals surface area contributed by atoms with E-state index >= 15 is 0 Å². The SMILES string of the molecule is C=Cc1ccccc1.C=Cc1ccccn1. The summed E-state index contributed by atoms with van der Waals surface area (Å²) >= 11 is 0. The first kappa shape index (κ1) is 11.9. The van der Waals surface area contributed by atoms with E-state index in [-0.39, 0.29) is 0 Å². The molecule has 1 aromatic carbocycles. The monoisotopic (exact) mass is 209 g/mol. The Morgan fingerprint density at radius 2 is 1.50 bits per heavy atom. The second-order valence-corrected chi connectivity index (χ2v) is 3.07. The smallest absolute Gasteiger partial charge is 0.0623 e. The summed E-state index contributed by atoms with van der Waals surface area (Å²) < 4.78 is 0. The van der Waals surface area contributed by atoms with Crippen molar-refractivity contribution in [3.8, 4) is 0 Å². The highest BCUT2D eigenvalue weighted by Crippen LogP contribution is 1.97. The molecule has 0 atom stereocenters. The van der Waals surface area contributed by atoms with Crippen LogP contribution >= 0.6 is 0 Å². The Morgan fingerprint density at radius 1 is 0.812 bits per heavy atom. The van der Waals surface area contributed by atoms with Gasteiger partial charge in [0.15, 0.2) is 0 Å². The Labute approximate surface area is 96.8 Å². The van der Waals surface area contributed by atoms with Gasteiger partial charge in [0, 0.05) is 6.20 Å². The van der Waals surface area contributed by atoms with E-state index in [4.69, 9.17) is 0 Å². The lowest BCUT2D eigenvalue weighted by atomic mass is 10.2. The van der Waals surface area contributed by atoms with Crippen LogP contribution in [0.25, 0.3) is 12.2 Å². The normalized spacial score (nSPS) is 8.50. The number of hydrogen-bond donors (Lipinski definition) is 0. The van der Waals surface area contributed by atoms with Crippen LogP contribution in [0.15, 0.2) is 67.9 Å². The van der Waals surface area contributed by atoms with Crippen LogP contribution in [0, 0.1) is 0 Å². The van der Waals surface area contributed by atoms with Crippen LogP contribution in [0.4, 0.5) is 0 Å². The van der Waals surface area contributed by atoms with Crippen molar-refractivity contribution >= 4 is 12.2 Å². The summed E-state index contributed by atoms with van der Waals surface area (Å²) in [5.41, 5.74) is 2.10. The Bertz CT molecular complexity index is 374. The predicted octanol–water partition coefficient (Wildman–Crippen LogP) is 4.05. The lowest BCUT2D eigenvalue weighted by Crippen LogP contribution is -1.73. The van der Waals surface area contributed by atoms with E-state index in [1.165, 1.54) is 5.56 Å². The maximum Gasteiger partial charge on any atom is 0.0623 e. The van der Waals surface area contributed by atoms with Crippen molar-refractivity contribution in [1.29, 1.82) is 0 Å². The minimum atomic E-state index is 0.924. The van der Waals surface area contributed by atoms with Crippen molar-refractivity contribution in [2.24, 2.45) is 0 Å². The predicted molar refractivity (Wildman–Crippen MR) is 70.9 cm³/mol. The molecular formula is C15H15N. The molecule has 0 aliphatic carbocycles. The average Bonchev–Trinajstić information content (AvgIpc) is 2.41. The average molecular weight is 209 g/mol. The third-order valence-electron chi connectivity index (χ3n) is 1.93. The quantitative estimate of drug-likeness (QED) is 0.727. The number of benzene rings is 1. The van der Waals surface area contributed by atoms with Gasteiger partial charge in [-0.15, -0.1) is 0 Å². The standard InChI is InChI=1S/C8H8.C7H7N/c1-2-8-6-4-3-5-7-8;1-2-7-5-3-4-6-8-7/h2-7H,1H2;2-6H,1H2. The molecule has 1 aromatic heterocycles. The molecule has 0 spiro atoms. The Balaban J connectivity index is 0.000000160. The molecule has 0 aliphatic heterocycles. The van der Waals surface area contributed by atoms with Crippen LogP contribution in [0.2, 0.25) is 0 Å². The van der Waals surface area contributed by atoms with Crippen molar-refractivity contribution in [2.45, 2.75) is 0 Å². The van der Waals surface area contributed by atoms with Crippen LogP contribution in [0.1, 0.15) is 11.3 Å². The first-order chi connectivity index (χ1) is 7.86. The summed E-state index contributed by atoms with van der Waals surface area (Å²) in [4.78, 5) is 3.98. The van der Waals surface area contributed by atoms with E-state index in [0.29, 0.717) is 0 Å². The fraction of sp³-hybridized carbons (Fsp3) is 0. The van der Waals surface area contributed by atoms with Gasteiger partial charge in [0.1, 0.15) is 0 Å². The lowest BCUT2D eigenvalue weighted by Gasteiger charge is -1.85. The molecule has 16 heavy (non-hydrogen) atoms. The summed E-state index contributed by atoms with van der Waals surface area (Å²) in [6.07, 6.45) is 5.30. The highest BCUT2D eigenvalue weighted by atomic mass is 14.6.